The summed E-state index contributed by atoms with van der Waals surface area (Å²) in [6.45, 7) is 1.64. The first kappa shape index (κ1) is 18.8. The normalized spacial score (nSPS) is 27.7. The maximum atomic E-state index is 13.2. The standard InChI is InChI=1S/C22H33N3O2/c23-17-21(10-11-21)16-18(26)22(8-2-1-3-9-22)24-19(27)25-14-12-20(13-15-25)6-4-5-7-20/h1-16H2,(H,24,27). The van der Waals surface area contributed by atoms with Crippen molar-refractivity contribution in [3.05, 3.63) is 0 Å². The van der Waals surface area contributed by atoms with E-state index in [-0.39, 0.29) is 11.8 Å². The van der Waals surface area contributed by atoms with E-state index < -0.39 is 11.0 Å². The number of rotatable bonds is 4. The van der Waals surface area contributed by atoms with Gasteiger partial charge in [-0.15, -0.1) is 0 Å². The molecule has 3 aliphatic carbocycles. The molecule has 0 radical (unpaired) electrons. The number of carbonyl (C=O) groups excluding carboxylic acids is 2. The predicted molar refractivity (Wildman–Crippen MR) is 103 cm³/mol. The van der Waals surface area contributed by atoms with Gasteiger partial charge in [0.15, 0.2) is 5.78 Å². The predicted octanol–water partition coefficient (Wildman–Crippen LogP) is 4.32. The topological polar surface area (TPSA) is 73.2 Å². The molecule has 0 aromatic heterocycles. The van der Waals surface area contributed by atoms with Crippen LogP contribution in [0.1, 0.15) is 89.9 Å². The summed E-state index contributed by atoms with van der Waals surface area (Å²) >= 11 is 0. The second kappa shape index (κ2) is 7.11. The Bertz CT molecular complexity index is 624. The molecule has 0 bridgehead atoms. The summed E-state index contributed by atoms with van der Waals surface area (Å²) in [5, 5.41) is 12.6. The number of urea groups is 1. The molecule has 148 valence electrons. The van der Waals surface area contributed by atoms with Crippen LogP contribution in [0.15, 0.2) is 0 Å². The van der Waals surface area contributed by atoms with Crippen molar-refractivity contribution in [3.63, 3.8) is 0 Å². The van der Waals surface area contributed by atoms with Gasteiger partial charge in [-0.3, -0.25) is 4.79 Å². The van der Waals surface area contributed by atoms with Crippen LogP contribution in [0.3, 0.4) is 0 Å². The van der Waals surface area contributed by atoms with E-state index in [1.54, 1.807) is 0 Å². The van der Waals surface area contributed by atoms with Gasteiger partial charge in [0.25, 0.3) is 0 Å². The van der Waals surface area contributed by atoms with Crippen LogP contribution in [-0.4, -0.2) is 35.3 Å². The Labute approximate surface area is 162 Å². The fourth-order valence-electron chi connectivity index (χ4n) is 5.68. The quantitative estimate of drug-likeness (QED) is 0.800. The van der Waals surface area contributed by atoms with Crippen molar-refractivity contribution in [2.75, 3.05) is 13.1 Å². The van der Waals surface area contributed by atoms with E-state index in [1.807, 2.05) is 4.90 Å². The molecule has 2 amide bonds. The minimum atomic E-state index is -0.732. The molecule has 5 heteroatoms. The molecule has 1 spiro atoms. The molecular weight excluding hydrogens is 338 g/mol. The van der Waals surface area contributed by atoms with Crippen LogP contribution in [0.5, 0.6) is 0 Å². The van der Waals surface area contributed by atoms with Crippen LogP contribution >= 0.6 is 0 Å². The van der Waals surface area contributed by atoms with Gasteiger partial charge in [-0.2, -0.15) is 5.26 Å². The third kappa shape index (κ3) is 3.73. The molecule has 27 heavy (non-hydrogen) atoms. The molecule has 0 atom stereocenters. The number of Topliss-reactive ketones (excluding diaryl/α,β-unsaturated/α-hetero) is 1. The van der Waals surface area contributed by atoms with Crippen molar-refractivity contribution in [1.29, 1.82) is 5.26 Å². The number of nitrogens with zero attached hydrogens (tertiary/aromatic N) is 2. The van der Waals surface area contributed by atoms with Crippen molar-refractivity contribution in [2.24, 2.45) is 10.8 Å². The van der Waals surface area contributed by atoms with Crippen molar-refractivity contribution in [3.8, 4) is 6.07 Å². The van der Waals surface area contributed by atoms with Gasteiger partial charge < -0.3 is 10.2 Å². The van der Waals surface area contributed by atoms with Gasteiger partial charge >= 0.3 is 6.03 Å². The highest BCUT2D eigenvalue weighted by Crippen LogP contribution is 2.50. The molecule has 0 unspecified atom stereocenters. The molecule has 5 nitrogen and oxygen atoms in total. The van der Waals surface area contributed by atoms with Crippen LogP contribution in [-0.2, 0) is 4.79 Å². The lowest BCUT2D eigenvalue weighted by Gasteiger charge is -2.42. The largest absolute Gasteiger partial charge is 0.325 e. The molecule has 1 aliphatic heterocycles. The smallest absolute Gasteiger partial charge is 0.318 e. The monoisotopic (exact) mass is 371 g/mol. The zero-order valence-electron chi connectivity index (χ0n) is 16.5. The number of hydrogen-bond donors (Lipinski definition) is 1. The fourth-order valence-corrected chi connectivity index (χ4v) is 5.68. The number of amides is 2. The van der Waals surface area contributed by atoms with E-state index in [9.17, 15) is 14.9 Å². The van der Waals surface area contributed by atoms with Gasteiger partial charge in [0.05, 0.1) is 11.5 Å². The Morgan fingerprint density at radius 3 is 2.00 bits per heavy atom. The Hall–Kier alpha value is -1.57. The zero-order chi connectivity index (χ0) is 19.0. The highest BCUT2D eigenvalue weighted by Gasteiger charge is 2.50. The second-order valence-electron chi connectivity index (χ2n) is 9.76. The molecule has 0 aromatic carbocycles. The van der Waals surface area contributed by atoms with Crippen LogP contribution < -0.4 is 5.32 Å². The molecule has 3 saturated carbocycles. The van der Waals surface area contributed by atoms with E-state index in [0.29, 0.717) is 11.8 Å². The lowest BCUT2D eigenvalue weighted by atomic mass is 9.75. The van der Waals surface area contributed by atoms with Gasteiger partial charge in [0.2, 0.25) is 0 Å². The van der Waals surface area contributed by atoms with Crippen LogP contribution in [0.25, 0.3) is 0 Å². The SMILES string of the molecule is N#CC1(CC(=O)C2(NC(=O)N3CCC4(CCCC4)CC3)CCCCC2)CC1. The Morgan fingerprint density at radius 2 is 1.44 bits per heavy atom. The van der Waals surface area contributed by atoms with Crippen molar-refractivity contribution in [2.45, 2.75) is 95.4 Å². The third-order valence-electron chi connectivity index (χ3n) is 7.95. The molecule has 4 aliphatic rings. The first-order valence-corrected chi connectivity index (χ1v) is 11.0. The summed E-state index contributed by atoms with van der Waals surface area (Å²) in [4.78, 5) is 28.1. The number of likely N-dealkylation sites (tertiary alicyclic amines) is 1. The van der Waals surface area contributed by atoms with Crippen LogP contribution in [0.4, 0.5) is 4.79 Å². The van der Waals surface area contributed by atoms with Gasteiger partial charge in [-0.1, -0.05) is 32.1 Å². The highest BCUT2D eigenvalue weighted by atomic mass is 16.2. The highest BCUT2D eigenvalue weighted by molar-refractivity contribution is 5.93. The minimum Gasteiger partial charge on any atom is -0.325 e. The molecule has 0 aromatic rings. The Balaban J connectivity index is 1.40. The van der Waals surface area contributed by atoms with Gasteiger partial charge in [-0.05, 0) is 56.8 Å². The number of nitrogens with one attached hydrogen (secondary N) is 1. The molecule has 1 heterocycles. The van der Waals surface area contributed by atoms with E-state index in [0.717, 1.165) is 70.9 Å². The maximum absolute atomic E-state index is 13.2. The number of piperidine rings is 1. The maximum Gasteiger partial charge on any atom is 0.318 e. The summed E-state index contributed by atoms with van der Waals surface area (Å²) < 4.78 is 0. The molecular formula is C22H33N3O2. The van der Waals surface area contributed by atoms with Crippen LogP contribution in [0, 0.1) is 22.2 Å². The summed E-state index contributed by atoms with van der Waals surface area (Å²) in [6, 6.07) is 2.28. The van der Waals surface area contributed by atoms with E-state index in [1.165, 1.54) is 25.7 Å². The molecule has 1 saturated heterocycles. The van der Waals surface area contributed by atoms with Crippen molar-refractivity contribution >= 4 is 11.8 Å². The molecule has 1 N–H and O–H groups in total. The van der Waals surface area contributed by atoms with Gasteiger partial charge in [0.1, 0.15) is 5.54 Å². The van der Waals surface area contributed by atoms with Crippen LogP contribution in [0.2, 0.25) is 0 Å². The number of ketones is 1. The van der Waals surface area contributed by atoms with E-state index in [4.69, 9.17) is 0 Å². The Kier molecular flexibility index (Phi) is 4.94. The number of carbonyl (C=O) groups is 2. The summed E-state index contributed by atoms with van der Waals surface area (Å²) in [5.41, 5.74) is -0.684. The number of nitriles is 1. The average molecular weight is 372 g/mol. The van der Waals surface area contributed by atoms with Gasteiger partial charge in [0, 0.05) is 19.5 Å². The average Bonchev–Trinajstić information content (AvgIpc) is 3.33. The van der Waals surface area contributed by atoms with E-state index in [2.05, 4.69) is 11.4 Å². The summed E-state index contributed by atoms with van der Waals surface area (Å²) in [7, 11) is 0. The lowest BCUT2D eigenvalue weighted by Crippen LogP contribution is -2.60. The zero-order valence-corrected chi connectivity index (χ0v) is 16.5. The fraction of sp³-hybridized carbons (Fsp3) is 0.864. The van der Waals surface area contributed by atoms with Crippen molar-refractivity contribution < 1.29 is 9.59 Å². The van der Waals surface area contributed by atoms with Gasteiger partial charge in [-0.25, -0.2) is 4.79 Å². The first-order valence-electron chi connectivity index (χ1n) is 11.0. The number of hydrogen-bond acceptors (Lipinski definition) is 3. The second-order valence-corrected chi connectivity index (χ2v) is 9.76. The summed E-state index contributed by atoms with van der Waals surface area (Å²) in [6.07, 6.45) is 14.1. The molecule has 4 rings (SSSR count). The third-order valence-corrected chi connectivity index (χ3v) is 7.95. The Morgan fingerprint density at radius 1 is 0.852 bits per heavy atom. The first-order chi connectivity index (χ1) is 13.0. The molecule has 4 fully saturated rings. The minimum absolute atomic E-state index is 0.0556. The van der Waals surface area contributed by atoms with Crippen molar-refractivity contribution in [1.82, 2.24) is 10.2 Å². The lowest BCUT2D eigenvalue weighted by molar-refractivity contribution is -0.127. The van der Waals surface area contributed by atoms with E-state index >= 15 is 0 Å². The summed E-state index contributed by atoms with van der Waals surface area (Å²) in [5.74, 6) is 0.0962.